The summed E-state index contributed by atoms with van der Waals surface area (Å²) in [4.78, 5) is 1.44. The highest BCUT2D eigenvalue weighted by molar-refractivity contribution is 9.13. The molecule has 0 aliphatic carbocycles. The first kappa shape index (κ1) is 13.3. The first-order valence-corrected chi connectivity index (χ1v) is 7.89. The van der Waals surface area contributed by atoms with Gasteiger partial charge in [-0.2, -0.15) is 0 Å². The van der Waals surface area contributed by atoms with Gasteiger partial charge < -0.3 is 5.32 Å². The molecule has 1 aromatic carbocycles. The normalized spacial score (nSPS) is 10.7. The minimum atomic E-state index is 0.914. The summed E-state index contributed by atoms with van der Waals surface area (Å²) >= 11 is 8.80. The van der Waals surface area contributed by atoms with Crippen molar-refractivity contribution < 1.29 is 0 Å². The maximum atomic E-state index is 3.51. The molecule has 0 aliphatic rings. The first-order valence-electron chi connectivity index (χ1n) is 5.43. The summed E-state index contributed by atoms with van der Waals surface area (Å²) < 4.78 is 2.20. The number of nitrogens with one attached hydrogen (secondary N) is 1. The van der Waals surface area contributed by atoms with E-state index in [1.165, 1.54) is 10.4 Å². The van der Waals surface area contributed by atoms with Crippen LogP contribution in [0.3, 0.4) is 0 Å². The predicted octanol–water partition coefficient (Wildman–Crippen LogP) is 4.61. The van der Waals surface area contributed by atoms with Gasteiger partial charge >= 0.3 is 0 Å². The fourth-order valence-electron chi connectivity index (χ4n) is 1.55. The van der Waals surface area contributed by atoms with Crippen molar-refractivity contribution in [2.24, 2.45) is 0 Å². The molecule has 0 unspecified atom stereocenters. The van der Waals surface area contributed by atoms with Crippen LogP contribution in [0.5, 0.6) is 0 Å². The monoisotopic (exact) mass is 373 g/mol. The Kier molecular flexibility index (Phi) is 5.22. The quantitative estimate of drug-likeness (QED) is 0.753. The summed E-state index contributed by atoms with van der Waals surface area (Å²) in [6.07, 6.45) is 1.11. The largest absolute Gasteiger partial charge is 0.312 e. The van der Waals surface area contributed by atoms with Crippen molar-refractivity contribution in [2.45, 2.75) is 13.0 Å². The summed E-state index contributed by atoms with van der Waals surface area (Å²) in [6.45, 7) is 1.94. The maximum absolute atomic E-state index is 3.51. The second-order valence-electron chi connectivity index (χ2n) is 3.75. The number of hydrogen-bond donors (Lipinski definition) is 1. The number of benzene rings is 1. The summed E-state index contributed by atoms with van der Waals surface area (Å²) in [7, 11) is 0. The lowest BCUT2D eigenvalue weighted by Crippen LogP contribution is -2.16. The molecule has 0 saturated heterocycles. The van der Waals surface area contributed by atoms with Gasteiger partial charge in [0.15, 0.2) is 0 Å². The minimum Gasteiger partial charge on any atom is -0.312 e. The number of hydrogen-bond acceptors (Lipinski definition) is 2. The molecular weight excluding hydrogens is 362 g/mol. The molecule has 1 nitrogen and oxygen atoms in total. The van der Waals surface area contributed by atoms with Gasteiger partial charge in [-0.1, -0.05) is 12.1 Å². The second-order valence-corrected chi connectivity index (χ2v) is 6.50. The molecule has 0 spiro atoms. The molecule has 1 N–H and O–H groups in total. The van der Waals surface area contributed by atoms with E-state index in [0.717, 1.165) is 28.5 Å². The molecule has 0 amide bonds. The fourth-order valence-corrected chi connectivity index (χ4v) is 2.93. The third-order valence-corrected chi connectivity index (χ3v) is 5.26. The van der Waals surface area contributed by atoms with Crippen LogP contribution in [-0.2, 0) is 13.0 Å². The van der Waals surface area contributed by atoms with Crippen molar-refractivity contribution in [3.05, 3.63) is 55.1 Å². The summed E-state index contributed by atoms with van der Waals surface area (Å²) in [5.41, 5.74) is 1.30. The number of thiophene rings is 1. The lowest BCUT2D eigenvalue weighted by atomic mass is 10.2. The van der Waals surface area contributed by atoms with E-state index in [0.29, 0.717) is 0 Å². The highest BCUT2D eigenvalue weighted by atomic mass is 79.9. The van der Waals surface area contributed by atoms with E-state index in [1.54, 1.807) is 0 Å². The Morgan fingerprint density at radius 2 is 2.00 bits per heavy atom. The predicted molar refractivity (Wildman–Crippen MR) is 81.6 cm³/mol. The van der Waals surface area contributed by atoms with Crippen molar-refractivity contribution in [1.29, 1.82) is 0 Å². The summed E-state index contributed by atoms with van der Waals surface area (Å²) in [6, 6.07) is 10.6. The van der Waals surface area contributed by atoms with E-state index in [9.17, 15) is 0 Å². The van der Waals surface area contributed by atoms with Crippen LogP contribution in [0.25, 0.3) is 0 Å². The van der Waals surface area contributed by atoms with Crippen LogP contribution < -0.4 is 5.32 Å². The Hall–Kier alpha value is -0.160. The Morgan fingerprint density at radius 1 is 1.12 bits per heavy atom. The number of rotatable bonds is 5. The van der Waals surface area contributed by atoms with Gasteiger partial charge in [-0.15, -0.1) is 11.3 Å². The van der Waals surface area contributed by atoms with Gasteiger partial charge in [0.25, 0.3) is 0 Å². The zero-order valence-electron chi connectivity index (χ0n) is 9.25. The van der Waals surface area contributed by atoms with Gasteiger partial charge in [0.2, 0.25) is 0 Å². The van der Waals surface area contributed by atoms with Gasteiger partial charge in [0.05, 0.1) is 0 Å². The molecule has 4 heteroatoms. The molecule has 17 heavy (non-hydrogen) atoms. The maximum Gasteiger partial charge on any atom is 0.0320 e. The van der Waals surface area contributed by atoms with Crippen molar-refractivity contribution in [3.63, 3.8) is 0 Å². The molecule has 2 rings (SSSR count). The molecule has 0 fully saturated rings. The van der Waals surface area contributed by atoms with Crippen LogP contribution in [0, 0.1) is 0 Å². The first-order chi connectivity index (χ1) is 8.25. The Morgan fingerprint density at radius 3 is 2.71 bits per heavy atom. The topological polar surface area (TPSA) is 12.0 Å². The highest BCUT2D eigenvalue weighted by Gasteiger charge is 1.99. The van der Waals surface area contributed by atoms with Crippen molar-refractivity contribution in [1.82, 2.24) is 5.32 Å². The smallest absolute Gasteiger partial charge is 0.0320 e. The molecule has 1 aromatic heterocycles. The minimum absolute atomic E-state index is 0.914. The van der Waals surface area contributed by atoms with Crippen LogP contribution >= 0.6 is 43.2 Å². The van der Waals surface area contributed by atoms with E-state index in [4.69, 9.17) is 0 Å². The molecule has 1 heterocycles. The van der Waals surface area contributed by atoms with Crippen LogP contribution in [0.1, 0.15) is 10.4 Å². The van der Waals surface area contributed by atoms with E-state index in [1.807, 2.05) is 11.3 Å². The van der Waals surface area contributed by atoms with E-state index in [2.05, 4.69) is 72.9 Å². The SMILES string of the molecule is Brc1ccc(CNCCc2cccs2)cc1Br. The van der Waals surface area contributed by atoms with Gasteiger partial charge in [0.1, 0.15) is 0 Å². The molecule has 0 bridgehead atoms. The average Bonchev–Trinajstić information content (AvgIpc) is 2.82. The molecule has 90 valence electrons. The third-order valence-electron chi connectivity index (χ3n) is 2.44. The second kappa shape index (κ2) is 6.69. The molecule has 2 aromatic rings. The Balaban J connectivity index is 1.76. The molecule has 0 saturated carbocycles. The van der Waals surface area contributed by atoms with Gasteiger partial charge in [0, 0.05) is 26.9 Å². The zero-order valence-corrected chi connectivity index (χ0v) is 13.2. The summed E-state index contributed by atoms with van der Waals surface area (Å²) in [5, 5.41) is 5.58. The van der Waals surface area contributed by atoms with Crippen LogP contribution in [0.2, 0.25) is 0 Å². The van der Waals surface area contributed by atoms with Gasteiger partial charge in [-0.05, 0) is 67.4 Å². The van der Waals surface area contributed by atoms with Crippen molar-refractivity contribution in [2.75, 3.05) is 6.54 Å². The van der Waals surface area contributed by atoms with E-state index >= 15 is 0 Å². The molecule has 0 radical (unpaired) electrons. The van der Waals surface area contributed by atoms with Crippen LogP contribution in [-0.4, -0.2) is 6.54 Å². The fraction of sp³-hybridized carbons (Fsp3) is 0.231. The number of halogens is 2. The van der Waals surface area contributed by atoms with E-state index < -0.39 is 0 Å². The van der Waals surface area contributed by atoms with Crippen molar-refractivity contribution in [3.8, 4) is 0 Å². The molecular formula is C13H13Br2NS. The lowest BCUT2D eigenvalue weighted by Gasteiger charge is -2.05. The molecule has 0 atom stereocenters. The highest BCUT2D eigenvalue weighted by Crippen LogP contribution is 2.23. The Bertz CT molecular complexity index is 468. The van der Waals surface area contributed by atoms with Crippen LogP contribution in [0.15, 0.2) is 44.7 Å². The molecule has 0 aliphatic heterocycles. The zero-order chi connectivity index (χ0) is 12.1. The lowest BCUT2D eigenvalue weighted by molar-refractivity contribution is 0.690. The van der Waals surface area contributed by atoms with Gasteiger partial charge in [-0.25, -0.2) is 0 Å². The van der Waals surface area contributed by atoms with Gasteiger partial charge in [-0.3, -0.25) is 0 Å². The summed E-state index contributed by atoms with van der Waals surface area (Å²) in [5.74, 6) is 0. The van der Waals surface area contributed by atoms with Crippen molar-refractivity contribution >= 4 is 43.2 Å². The van der Waals surface area contributed by atoms with E-state index in [-0.39, 0.29) is 0 Å². The average molecular weight is 375 g/mol. The third kappa shape index (κ3) is 4.21. The van der Waals surface area contributed by atoms with Crippen LogP contribution in [0.4, 0.5) is 0 Å². The Labute approximate surface area is 123 Å². The standard InChI is InChI=1S/C13H13Br2NS/c14-12-4-3-10(8-13(12)15)9-16-6-5-11-2-1-7-17-11/h1-4,7-8,16H,5-6,9H2.